The highest BCUT2D eigenvalue weighted by Gasteiger charge is 2.12. The predicted molar refractivity (Wildman–Crippen MR) is 46.6 cm³/mol. The van der Waals surface area contributed by atoms with Gasteiger partial charge in [0.2, 0.25) is 0 Å². The van der Waals surface area contributed by atoms with Gasteiger partial charge in [-0.25, -0.2) is 4.98 Å². The van der Waals surface area contributed by atoms with E-state index in [2.05, 4.69) is 4.98 Å². The number of thiazole rings is 1. The molecule has 0 atom stereocenters. The fraction of sp³-hybridized carbons (Fsp3) is 0.375. The van der Waals surface area contributed by atoms with E-state index in [4.69, 9.17) is 0 Å². The number of nitrogens with zero attached hydrogens (tertiary/aromatic N) is 1. The minimum atomic E-state index is -0.188. The van der Waals surface area contributed by atoms with E-state index in [0.29, 0.717) is 12.0 Å². The van der Waals surface area contributed by atoms with Crippen LogP contribution < -0.4 is 0 Å². The van der Waals surface area contributed by atoms with Crippen molar-refractivity contribution >= 4 is 23.4 Å². The van der Waals surface area contributed by atoms with Gasteiger partial charge in [-0.1, -0.05) is 0 Å². The van der Waals surface area contributed by atoms with E-state index < -0.39 is 0 Å². The van der Waals surface area contributed by atoms with Gasteiger partial charge in [0.25, 0.3) is 0 Å². The van der Waals surface area contributed by atoms with Crippen molar-refractivity contribution in [3.8, 4) is 0 Å². The Hall–Kier alpha value is -1.03. The molecule has 0 spiro atoms. The van der Waals surface area contributed by atoms with Crippen LogP contribution in [0, 0.1) is 13.8 Å². The third-order valence-electron chi connectivity index (χ3n) is 1.44. The molecule has 1 aromatic rings. The Labute approximate surface area is 74.4 Å². The molecule has 0 saturated heterocycles. The fourth-order valence-electron chi connectivity index (χ4n) is 0.960. The molecule has 64 valence electrons. The van der Waals surface area contributed by atoms with E-state index in [-0.39, 0.29) is 12.2 Å². The van der Waals surface area contributed by atoms with Crippen LogP contribution in [0.2, 0.25) is 0 Å². The molecule has 0 N–H and O–H groups in total. The van der Waals surface area contributed by atoms with E-state index in [1.807, 2.05) is 13.8 Å². The van der Waals surface area contributed by atoms with Crippen LogP contribution in [0.1, 0.15) is 26.8 Å². The van der Waals surface area contributed by atoms with E-state index in [9.17, 15) is 9.59 Å². The minimum absolute atomic E-state index is 0.0655. The molecule has 0 aliphatic rings. The quantitative estimate of drug-likeness (QED) is 0.405. The SMILES string of the molecule is Cc1nc(C(=O)CC=O)c(C)s1. The first-order chi connectivity index (χ1) is 5.65. The van der Waals surface area contributed by atoms with Gasteiger partial charge in [-0.2, -0.15) is 0 Å². The molecule has 0 aliphatic carbocycles. The maximum atomic E-state index is 11.2. The molecule has 1 aromatic heterocycles. The molecule has 0 radical (unpaired) electrons. The van der Waals surface area contributed by atoms with Crippen LogP contribution in [0.3, 0.4) is 0 Å². The summed E-state index contributed by atoms with van der Waals surface area (Å²) in [5, 5.41) is 0.863. The van der Waals surface area contributed by atoms with Crippen LogP contribution >= 0.6 is 11.3 Å². The minimum Gasteiger partial charge on any atom is -0.303 e. The van der Waals surface area contributed by atoms with E-state index in [1.54, 1.807) is 0 Å². The highest BCUT2D eigenvalue weighted by atomic mass is 32.1. The number of carbonyl (C=O) groups is 2. The molecule has 3 nitrogen and oxygen atoms in total. The normalized spacial score (nSPS) is 9.83. The van der Waals surface area contributed by atoms with Crippen LogP contribution in [0.4, 0.5) is 0 Å². The van der Waals surface area contributed by atoms with Crippen molar-refractivity contribution in [2.45, 2.75) is 20.3 Å². The Balaban J connectivity index is 2.94. The molecule has 0 fully saturated rings. The number of hydrogen-bond acceptors (Lipinski definition) is 4. The molecule has 0 saturated carbocycles. The van der Waals surface area contributed by atoms with Crippen molar-refractivity contribution in [2.75, 3.05) is 0 Å². The third kappa shape index (κ3) is 1.76. The summed E-state index contributed by atoms with van der Waals surface area (Å²) in [7, 11) is 0. The number of hydrogen-bond donors (Lipinski definition) is 0. The molecular weight excluding hydrogens is 174 g/mol. The number of aryl methyl sites for hydroxylation is 2. The zero-order chi connectivity index (χ0) is 9.14. The van der Waals surface area contributed by atoms with Crippen LogP contribution in [0.25, 0.3) is 0 Å². The van der Waals surface area contributed by atoms with Gasteiger partial charge in [0.15, 0.2) is 5.78 Å². The van der Waals surface area contributed by atoms with Gasteiger partial charge in [-0.05, 0) is 13.8 Å². The van der Waals surface area contributed by atoms with Crippen molar-refractivity contribution in [1.82, 2.24) is 4.98 Å². The number of rotatable bonds is 3. The molecule has 12 heavy (non-hydrogen) atoms. The Morgan fingerprint density at radius 3 is 2.67 bits per heavy atom. The zero-order valence-corrected chi connectivity index (χ0v) is 7.77. The molecule has 4 heteroatoms. The molecular formula is C8H9NO2S. The van der Waals surface area contributed by atoms with Crippen molar-refractivity contribution < 1.29 is 9.59 Å². The molecule has 0 aromatic carbocycles. The summed E-state index contributed by atoms with van der Waals surface area (Å²) in [4.78, 5) is 26.2. The first kappa shape index (κ1) is 9.06. The summed E-state index contributed by atoms with van der Waals surface area (Å²) in [5.41, 5.74) is 0.449. The predicted octanol–water partition coefficient (Wildman–Crippen LogP) is 1.53. The van der Waals surface area contributed by atoms with Gasteiger partial charge < -0.3 is 4.79 Å². The maximum absolute atomic E-state index is 11.2. The van der Waals surface area contributed by atoms with Crippen molar-refractivity contribution in [2.24, 2.45) is 0 Å². The molecule has 0 unspecified atom stereocenters. The Kier molecular flexibility index (Phi) is 2.70. The van der Waals surface area contributed by atoms with Crippen molar-refractivity contribution in [1.29, 1.82) is 0 Å². The van der Waals surface area contributed by atoms with Gasteiger partial charge in [-0.15, -0.1) is 11.3 Å². The number of Topliss-reactive ketones (excluding diaryl/α,β-unsaturated/α-hetero) is 1. The second-order valence-corrected chi connectivity index (χ2v) is 3.84. The average Bonchev–Trinajstić information content (AvgIpc) is 2.30. The topological polar surface area (TPSA) is 47.0 Å². The lowest BCUT2D eigenvalue weighted by Crippen LogP contribution is -2.01. The Morgan fingerprint density at radius 2 is 2.25 bits per heavy atom. The number of carbonyl (C=O) groups excluding carboxylic acids is 2. The van der Waals surface area contributed by atoms with Gasteiger partial charge >= 0.3 is 0 Å². The van der Waals surface area contributed by atoms with Gasteiger partial charge in [0.05, 0.1) is 11.4 Å². The van der Waals surface area contributed by atoms with E-state index in [1.165, 1.54) is 11.3 Å². The highest BCUT2D eigenvalue weighted by molar-refractivity contribution is 7.11. The lowest BCUT2D eigenvalue weighted by Gasteiger charge is -1.90. The molecule has 0 aliphatic heterocycles. The summed E-state index contributed by atoms with van der Waals surface area (Å²) < 4.78 is 0. The number of aldehydes is 1. The third-order valence-corrected chi connectivity index (χ3v) is 2.32. The number of aromatic nitrogens is 1. The van der Waals surface area contributed by atoms with Crippen LogP contribution in [-0.2, 0) is 4.79 Å². The zero-order valence-electron chi connectivity index (χ0n) is 6.96. The second kappa shape index (κ2) is 3.58. The molecule has 1 heterocycles. The Morgan fingerprint density at radius 1 is 1.58 bits per heavy atom. The van der Waals surface area contributed by atoms with Gasteiger partial charge in [-0.3, -0.25) is 4.79 Å². The first-order valence-corrected chi connectivity index (χ1v) is 4.37. The molecule has 0 bridgehead atoms. The monoisotopic (exact) mass is 183 g/mol. The van der Waals surface area contributed by atoms with Gasteiger partial charge in [0.1, 0.15) is 12.0 Å². The van der Waals surface area contributed by atoms with Crippen LogP contribution in [0.5, 0.6) is 0 Å². The summed E-state index contributed by atoms with van der Waals surface area (Å²) in [6.45, 7) is 3.68. The van der Waals surface area contributed by atoms with Gasteiger partial charge in [0, 0.05) is 4.88 Å². The smallest absolute Gasteiger partial charge is 0.189 e. The Bertz CT molecular complexity index is 317. The largest absolute Gasteiger partial charge is 0.303 e. The second-order valence-electron chi connectivity index (χ2n) is 2.43. The van der Waals surface area contributed by atoms with E-state index in [0.717, 1.165) is 9.88 Å². The molecule has 0 amide bonds. The lowest BCUT2D eigenvalue weighted by molar-refractivity contribution is -0.107. The van der Waals surface area contributed by atoms with E-state index >= 15 is 0 Å². The van der Waals surface area contributed by atoms with Crippen LogP contribution in [0.15, 0.2) is 0 Å². The fourth-order valence-corrected chi connectivity index (χ4v) is 1.80. The summed E-state index contributed by atoms with van der Waals surface area (Å²) in [6, 6.07) is 0. The average molecular weight is 183 g/mol. The first-order valence-electron chi connectivity index (χ1n) is 3.56. The summed E-state index contributed by atoms with van der Waals surface area (Å²) >= 11 is 1.48. The van der Waals surface area contributed by atoms with Crippen molar-refractivity contribution in [3.05, 3.63) is 15.6 Å². The summed E-state index contributed by atoms with van der Waals surface area (Å²) in [6.07, 6.45) is 0.542. The van der Waals surface area contributed by atoms with Crippen LogP contribution in [-0.4, -0.2) is 17.1 Å². The summed E-state index contributed by atoms with van der Waals surface area (Å²) in [5.74, 6) is -0.188. The maximum Gasteiger partial charge on any atom is 0.189 e. The standard InChI is InChI=1S/C8H9NO2S/c1-5-8(7(11)3-4-10)9-6(2)12-5/h4H,3H2,1-2H3. The number of ketones is 1. The highest BCUT2D eigenvalue weighted by Crippen LogP contribution is 2.17. The molecule has 1 rings (SSSR count). The lowest BCUT2D eigenvalue weighted by atomic mass is 10.2. The van der Waals surface area contributed by atoms with Crippen molar-refractivity contribution in [3.63, 3.8) is 0 Å².